The molecule has 0 fully saturated rings. The van der Waals surface area contributed by atoms with E-state index < -0.39 is 10.2 Å². The maximum atomic E-state index is 8.36. The van der Waals surface area contributed by atoms with Crippen molar-refractivity contribution in [3.05, 3.63) is 20.2 Å². The van der Waals surface area contributed by atoms with Crippen LogP contribution in [0.2, 0.25) is 0 Å². The topological polar surface area (TPSA) is 127 Å². The fraction of sp³-hybridized carbons (Fsp3) is 0. The average Bonchev–Trinajstić information content (AvgIpc) is 1.25. The monoisotopic (exact) mass is 189 g/mol. The Morgan fingerprint density at radius 1 is 1.00 bits per heavy atom. The molecule has 0 aliphatic rings. The minimum atomic E-state index is -1.50. The summed E-state index contributed by atoms with van der Waals surface area (Å²) in [5, 5.41) is 27.3. The fourth-order valence-corrected chi connectivity index (χ4v) is 0. The second kappa shape index (κ2) is 10.0. The summed E-state index contributed by atoms with van der Waals surface area (Å²) in [5.74, 6) is 0. The molecule has 0 aromatic rings. The van der Waals surface area contributed by atoms with E-state index in [9.17, 15) is 0 Å². The maximum absolute atomic E-state index is 8.36. The van der Waals surface area contributed by atoms with Gasteiger partial charge in [0.15, 0.2) is 0 Å². The van der Waals surface area contributed by atoms with E-state index in [0.717, 1.165) is 0 Å². The summed E-state index contributed by atoms with van der Waals surface area (Å²) in [4.78, 5) is 16.7. The van der Waals surface area contributed by atoms with Crippen LogP contribution in [-0.2, 0) is 17.1 Å². The van der Waals surface area contributed by atoms with Gasteiger partial charge in [-0.15, -0.1) is 20.2 Å². The summed E-state index contributed by atoms with van der Waals surface area (Å²) >= 11 is 0. The minimum Gasteiger partial charge on any atom is -0.328 e. The van der Waals surface area contributed by atoms with Crippen LogP contribution in [0.1, 0.15) is 0 Å². The molecule has 0 atom stereocenters. The van der Waals surface area contributed by atoms with Crippen LogP contribution in [0, 0.1) is 20.2 Å². The molecule has 8 nitrogen and oxygen atoms in total. The quantitative estimate of drug-likeness (QED) is 0.295. The van der Waals surface area contributed by atoms with Crippen LogP contribution in [0.3, 0.4) is 0 Å². The Hall–Kier alpha value is -1.08. The maximum Gasteiger partial charge on any atom is 2.00 e. The van der Waals surface area contributed by atoms with Crippen molar-refractivity contribution < 1.29 is 37.7 Å². The number of hydrogen-bond acceptors (Lipinski definition) is 4. The molecule has 0 bridgehead atoms. The molecular weight excluding hydrogens is 188 g/mol. The van der Waals surface area contributed by atoms with Gasteiger partial charge in [-0.05, 0) is 0 Å². The Morgan fingerprint density at radius 3 is 1.00 bits per heavy atom. The van der Waals surface area contributed by atoms with E-state index in [1.807, 2.05) is 0 Å². The molecule has 2 N–H and O–H groups in total. The smallest absolute Gasteiger partial charge is 0.328 e. The first-order valence-corrected chi connectivity index (χ1v) is 1.13. The van der Waals surface area contributed by atoms with Crippen LogP contribution in [0.25, 0.3) is 0 Å². The van der Waals surface area contributed by atoms with Crippen LogP contribution in [0.15, 0.2) is 0 Å². The zero-order valence-corrected chi connectivity index (χ0v) is 4.67. The van der Waals surface area contributed by atoms with E-state index >= 15 is 0 Å². The predicted molar refractivity (Wildman–Crippen MR) is 17.6 cm³/mol. The molecule has 9 heavy (non-hydrogen) atoms. The number of hydrogen-bond donors (Lipinski definition) is 2. The Morgan fingerprint density at radius 2 is 1.00 bits per heavy atom. The van der Waals surface area contributed by atoms with E-state index in [2.05, 4.69) is 0 Å². The van der Waals surface area contributed by atoms with Crippen molar-refractivity contribution in [3.8, 4) is 0 Å². The number of rotatable bonds is 0. The zero-order chi connectivity index (χ0) is 7.15. The van der Waals surface area contributed by atoms with Crippen molar-refractivity contribution in [3.63, 3.8) is 0 Å². The SMILES string of the molecule is O=[N+]([O-])O.O=[N+]([O-])O.[Cu+2]. The molecule has 57 valence electrons. The van der Waals surface area contributed by atoms with Gasteiger partial charge in [-0.2, -0.15) is 0 Å². The van der Waals surface area contributed by atoms with Crippen LogP contribution >= 0.6 is 0 Å². The first-order valence-electron chi connectivity index (χ1n) is 1.13. The summed E-state index contributed by atoms with van der Waals surface area (Å²) in [6.45, 7) is 0. The average molecular weight is 190 g/mol. The first-order chi connectivity index (χ1) is 3.46. The van der Waals surface area contributed by atoms with Gasteiger partial charge in [0, 0.05) is 0 Å². The summed E-state index contributed by atoms with van der Waals surface area (Å²) in [6.07, 6.45) is 0. The molecule has 0 spiro atoms. The van der Waals surface area contributed by atoms with Crippen molar-refractivity contribution in [1.29, 1.82) is 0 Å². The van der Waals surface area contributed by atoms with Gasteiger partial charge in [0.25, 0.3) is 10.2 Å². The van der Waals surface area contributed by atoms with E-state index in [1.165, 1.54) is 0 Å². The predicted octanol–water partition coefficient (Wildman–Crippen LogP) is -0.698. The van der Waals surface area contributed by atoms with Crippen molar-refractivity contribution in [1.82, 2.24) is 0 Å². The molecule has 0 aromatic carbocycles. The second-order valence-corrected chi connectivity index (χ2v) is 0.476. The molecule has 0 saturated carbocycles. The van der Waals surface area contributed by atoms with Gasteiger partial charge in [0.1, 0.15) is 0 Å². The van der Waals surface area contributed by atoms with Gasteiger partial charge in [0.05, 0.1) is 0 Å². The van der Waals surface area contributed by atoms with Crippen molar-refractivity contribution in [2.75, 3.05) is 0 Å². The van der Waals surface area contributed by atoms with Crippen molar-refractivity contribution >= 4 is 0 Å². The van der Waals surface area contributed by atoms with Gasteiger partial charge in [-0.25, -0.2) is 0 Å². The van der Waals surface area contributed by atoms with Crippen molar-refractivity contribution in [2.45, 2.75) is 0 Å². The van der Waals surface area contributed by atoms with Gasteiger partial charge >= 0.3 is 17.1 Å². The molecule has 1 radical (unpaired) electrons. The largest absolute Gasteiger partial charge is 2.00 e. The van der Waals surface area contributed by atoms with Crippen molar-refractivity contribution in [2.24, 2.45) is 0 Å². The molecular formula is H2CuN2O6+2. The van der Waals surface area contributed by atoms with E-state index in [0.29, 0.717) is 0 Å². The Balaban J connectivity index is -0.0000000720. The molecule has 0 rings (SSSR count). The summed E-state index contributed by atoms with van der Waals surface area (Å²) in [5.41, 5.74) is 0. The van der Waals surface area contributed by atoms with Crippen LogP contribution < -0.4 is 0 Å². The second-order valence-electron chi connectivity index (χ2n) is 0.476. The van der Waals surface area contributed by atoms with Crippen LogP contribution in [-0.4, -0.2) is 20.6 Å². The molecule has 0 aliphatic carbocycles. The van der Waals surface area contributed by atoms with Crippen LogP contribution in [0.4, 0.5) is 0 Å². The molecule has 0 unspecified atom stereocenters. The minimum absolute atomic E-state index is 0. The zero-order valence-electron chi connectivity index (χ0n) is 3.72. The Labute approximate surface area is 58.8 Å². The van der Waals surface area contributed by atoms with E-state index in [-0.39, 0.29) is 17.1 Å². The fourth-order valence-electron chi connectivity index (χ4n) is 0. The van der Waals surface area contributed by atoms with E-state index in [4.69, 9.17) is 30.6 Å². The van der Waals surface area contributed by atoms with Gasteiger partial charge in [-0.1, -0.05) is 0 Å². The standard InChI is InChI=1S/Cu.2HNO3/c;2*2-1(3)4/h;2*(H,2,3,4)/q+2;;. The molecule has 0 saturated heterocycles. The summed E-state index contributed by atoms with van der Waals surface area (Å²) in [6, 6.07) is 0. The number of nitrogens with zero attached hydrogens (tertiary/aromatic N) is 2. The molecule has 0 aromatic heterocycles. The van der Waals surface area contributed by atoms with Gasteiger partial charge in [0.2, 0.25) is 0 Å². The van der Waals surface area contributed by atoms with Gasteiger partial charge < -0.3 is 10.4 Å². The first kappa shape index (κ1) is 15.7. The molecule has 0 aliphatic heterocycles. The Kier molecular flexibility index (Phi) is 17.4. The molecule has 0 heterocycles. The molecule has 0 amide bonds. The summed E-state index contributed by atoms with van der Waals surface area (Å²) < 4.78 is 0. The van der Waals surface area contributed by atoms with E-state index in [1.54, 1.807) is 0 Å². The summed E-state index contributed by atoms with van der Waals surface area (Å²) in [7, 11) is 0. The van der Waals surface area contributed by atoms with Crippen LogP contribution in [0.5, 0.6) is 0 Å². The molecule has 9 heteroatoms. The third kappa shape index (κ3) is 143. The normalized spacial score (nSPS) is 5.33. The van der Waals surface area contributed by atoms with Gasteiger partial charge in [-0.3, -0.25) is 0 Å². The third-order valence-corrected chi connectivity index (χ3v) is 0. The Bertz CT molecular complexity index is 69.1. The third-order valence-electron chi connectivity index (χ3n) is 0.